The molecule has 9 unspecified atom stereocenters. The minimum absolute atomic E-state index is 0.00703. The minimum Gasteiger partial charge on any atom is -0.481 e. The first kappa shape index (κ1) is 37.4. The number of carbonyl (C=O) groups is 4. The first-order valence-corrected chi connectivity index (χ1v) is 17.5. The Bertz CT molecular complexity index is 1150. The van der Waals surface area contributed by atoms with E-state index in [4.69, 9.17) is 4.74 Å². The van der Waals surface area contributed by atoms with E-state index in [2.05, 4.69) is 39.4 Å². The van der Waals surface area contributed by atoms with E-state index in [1.54, 1.807) is 20.8 Å². The summed E-state index contributed by atoms with van der Waals surface area (Å²) in [7, 11) is 1.48. The van der Waals surface area contributed by atoms with Crippen molar-refractivity contribution in [2.45, 2.75) is 127 Å². The number of aldehydes is 1. The molecule has 5 aliphatic carbocycles. The van der Waals surface area contributed by atoms with Crippen molar-refractivity contribution in [2.24, 2.45) is 62.6 Å². The number of allylic oxidation sites excluding steroid dienone is 2. The Hall–Kier alpha value is -2.02. The quantitative estimate of drug-likeness (QED) is 0.189. The number of fused-ring (bicyclic) bond motifs is 7. The molecule has 7 nitrogen and oxygen atoms in total. The van der Waals surface area contributed by atoms with Gasteiger partial charge in [-0.2, -0.15) is 0 Å². The molecule has 0 amide bonds. The Balaban J connectivity index is 0.000000395. The van der Waals surface area contributed by atoms with E-state index in [9.17, 15) is 24.3 Å². The fraction of sp³-hybridized carbons (Fsp3) is 0.842. The fourth-order valence-electron chi connectivity index (χ4n) is 10.6. The van der Waals surface area contributed by atoms with Crippen LogP contribution >= 0.6 is 0 Å². The number of carboxylic acids is 1. The van der Waals surface area contributed by atoms with Gasteiger partial charge in [-0.15, -0.1) is 0 Å². The van der Waals surface area contributed by atoms with E-state index in [1.165, 1.54) is 12.7 Å². The molecular weight excluding hydrogens is 568 g/mol. The minimum atomic E-state index is -0.673. The Labute approximate surface area is 272 Å². The number of ether oxygens (including phenoxy) is 2. The summed E-state index contributed by atoms with van der Waals surface area (Å²) in [5.41, 5.74) is 0.770. The summed E-state index contributed by atoms with van der Waals surface area (Å²) in [6, 6.07) is 0. The maximum absolute atomic E-state index is 14.0. The highest BCUT2D eigenvalue weighted by Gasteiger charge is 2.66. The van der Waals surface area contributed by atoms with Crippen molar-refractivity contribution in [1.29, 1.82) is 0 Å². The molecule has 45 heavy (non-hydrogen) atoms. The average Bonchev–Trinajstić information content (AvgIpc) is 2.95. The van der Waals surface area contributed by atoms with Crippen LogP contribution in [0.15, 0.2) is 11.6 Å². The smallest absolute Gasteiger partial charge is 0.313 e. The second kappa shape index (κ2) is 13.6. The van der Waals surface area contributed by atoms with Crippen LogP contribution in [0.25, 0.3) is 0 Å². The van der Waals surface area contributed by atoms with Gasteiger partial charge in [0, 0.05) is 18.9 Å². The van der Waals surface area contributed by atoms with Crippen molar-refractivity contribution in [2.75, 3.05) is 13.9 Å². The zero-order valence-corrected chi connectivity index (χ0v) is 30.1. The first-order valence-electron chi connectivity index (χ1n) is 17.5. The molecule has 0 aromatic carbocycles. The molecular formula is C38H62O7. The number of esters is 1. The Morgan fingerprint density at radius 2 is 1.53 bits per heavy atom. The third-order valence-electron chi connectivity index (χ3n) is 13.0. The summed E-state index contributed by atoms with van der Waals surface area (Å²) >= 11 is 0. The van der Waals surface area contributed by atoms with Crippen LogP contribution in [-0.2, 0) is 28.7 Å². The van der Waals surface area contributed by atoms with Crippen molar-refractivity contribution in [1.82, 2.24) is 0 Å². The first-order chi connectivity index (χ1) is 20.9. The molecule has 4 saturated carbocycles. The summed E-state index contributed by atoms with van der Waals surface area (Å²) < 4.78 is 9.26. The third-order valence-corrected chi connectivity index (χ3v) is 13.0. The molecule has 0 bridgehead atoms. The van der Waals surface area contributed by atoms with Crippen molar-refractivity contribution in [3.05, 3.63) is 11.6 Å². The molecule has 1 N–H and O–H groups in total. The number of rotatable bonds is 4. The molecule has 5 aliphatic rings. The van der Waals surface area contributed by atoms with Gasteiger partial charge in [0.05, 0.1) is 11.3 Å². The van der Waals surface area contributed by atoms with Crippen molar-refractivity contribution < 1.29 is 33.8 Å². The second-order valence-electron chi connectivity index (χ2n) is 16.9. The van der Waals surface area contributed by atoms with Crippen LogP contribution in [0.2, 0.25) is 0 Å². The Kier molecular flexibility index (Phi) is 11.3. The van der Waals surface area contributed by atoms with Gasteiger partial charge < -0.3 is 19.4 Å². The van der Waals surface area contributed by atoms with E-state index in [0.717, 1.165) is 57.7 Å². The van der Waals surface area contributed by atoms with Crippen LogP contribution in [0.3, 0.4) is 0 Å². The lowest BCUT2D eigenvalue weighted by molar-refractivity contribution is -0.177. The largest absolute Gasteiger partial charge is 0.481 e. The predicted octanol–water partition coefficient (Wildman–Crippen LogP) is 8.29. The fourth-order valence-corrected chi connectivity index (χ4v) is 10.6. The summed E-state index contributed by atoms with van der Waals surface area (Å²) in [5, 5.41) is 9.74. The van der Waals surface area contributed by atoms with Crippen LogP contribution in [-0.4, -0.2) is 43.0 Å². The van der Waals surface area contributed by atoms with Gasteiger partial charge in [-0.3, -0.25) is 14.4 Å². The molecule has 0 aromatic heterocycles. The average molecular weight is 631 g/mol. The topological polar surface area (TPSA) is 107 Å². The number of ketones is 1. The zero-order chi connectivity index (χ0) is 34.2. The van der Waals surface area contributed by atoms with Gasteiger partial charge in [0.15, 0.2) is 12.6 Å². The van der Waals surface area contributed by atoms with E-state index in [0.29, 0.717) is 18.3 Å². The number of carboxylic acid groups (broad SMARTS) is 1. The molecule has 0 saturated heterocycles. The van der Waals surface area contributed by atoms with Crippen LogP contribution in [0.4, 0.5) is 0 Å². The maximum atomic E-state index is 14.0. The SMILES string of the molecule is CC.CC12CCC(C(=O)O)CC1C1=CC(=O)C3C(C)(CCC4C(C)(C)C(C=O)CCC43C)C1CC2.COCOC(=O)C(C)(C)C. The molecule has 0 aliphatic heterocycles. The molecule has 7 heteroatoms. The van der Waals surface area contributed by atoms with Gasteiger partial charge in [0.25, 0.3) is 0 Å². The lowest BCUT2D eigenvalue weighted by Crippen LogP contribution is -2.63. The normalized spacial score (nSPS) is 39.8. The predicted molar refractivity (Wildman–Crippen MR) is 176 cm³/mol. The Morgan fingerprint density at radius 3 is 2.09 bits per heavy atom. The number of aliphatic carboxylic acids is 1. The molecule has 0 spiro atoms. The Morgan fingerprint density at radius 1 is 0.933 bits per heavy atom. The molecule has 9 atom stereocenters. The van der Waals surface area contributed by atoms with Gasteiger partial charge in [-0.05, 0) is 124 Å². The highest BCUT2D eigenvalue weighted by atomic mass is 16.7. The van der Waals surface area contributed by atoms with E-state index in [-0.39, 0.29) is 63.9 Å². The van der Waals surface area contributed by atoms with Crippen molar-refractivity contribution >= 4 is 24.0 Å². The number of hydrogen-bond acceptors (Lipinski definition) is 6. The third kappa shape index (κ3) is 6.71. The lowest BCUT2D eigenvalue weighted by atomic mass is 9.36. The number of carbonyl (C=O) groups excluding carboxylic acids is 3. The molecule has 256 valence electrons. The summed E-state index contributed by atoms with van der Waals surface area (Å²) in [6.45, 7) is 21.0. The standard InChI is InChI=1S/C29H42O4.C7H14O3.C2H6/c1-26(2)18(16-30)7-12-29(5)23(26)9-13-28(4)20-8-11-27(3)10-6-17(25(32)33)14-21(27)19(20)15-22(31)24(28)29;1-7(2,3)6(8)10-5-9-4;1-2/h15-18,20-21,23-24H,6-14H2,1-5H3,(H,32,33);5H2,1-4H3;1-2H3. The monoisotopic (exact) mass is 630 g/mol. The molecule has 0 aromatic rings. The van der Waals surface area contributed by atoms with Gasteiger partial charge in [-0.25, -0.2) is 0 Å². The van der Waals surface area contributed by atoms with E-state index in [1.807, 2.05) is 19.9 Å². The number of methoxy groups -OCH3 is 1. The van der Waals surface area contributed by atoms with Gasteiger partial charge in [-0.1, -0.05) is 54.0 Å². The maximum Gasteiger partial charge on any atom is 0.313 e. The van der Waals surface area contributed by atoms with Crippen molar-refractivity contribution in [3.63, 3.8) is 0 Å². The van der Waals surface area contributed by atoms with Gasteiger partial charge in [0.2, 0.25) is 0 Å². The van der Waals surface area contributed by atoms with Crippen LogP contribution in [0.5, 0.6) is 0 Å². The number of hydrogen-bond donors (Lipinski definition) is 1. The zero-order valence-electron chi connectivity index (χ0n) is 30.1. The van der Waals surface area contributed by atoms with Crippen LogP contribution in [0, 0.1) is 62.6 Å². The highest BCUT2D eigenvalue weighted by Crippen LogP contribution is 2.71. The highest BCUT2D eigenvalue weighted by molar-refractivity contribution is 5.95. The van der Waals surface area contributed by atoms with Crippen molar-refractivity contribution in [3.8, 4) is 0 Å². The second-order valence-corrected chi connectivity index (χ2v) is 16.9. The van der Waals surface area contributed by atoms with Crippen LogP contribution < -0.4 is 0 Å². The molecule has 4 fully saturated rings. The lowest BCUT2D eigenvalue weighted by Gasteiger charge is -2.67. The molecule has 0 heterocycles. The summed E-state index contributed by atoms with van der Waals surface area (Å²) in [4.78, 5) is 48.7. The van der Waals surface area contributed by atoms with Crippen LogP contribution in [0.1, 0.15) is 127 Å². The van der Waals surface area contributed by atoms with Gasteiger partial charge >= 0.3 is 11.9 Å². The summed E-state index contributed by atoms with van der Waals surface area (Å²) in [5.74, 6) is 0.168. The molecule has 0 radical (unpaired) electrons. The van der Waals surface area contributed by atoms with E-state index >= 15 is 0 Å². The van der Waals surface area contributed by atoms with Gasteiger partial charge in [0.1, 0.15) is 6.29 Å². The van der Waals surface area contributed by atoms with E-state index < -0.39 is 11.4 Å². The summed E-state index contributed by atoms with van der Waals surface area (Å²) in [6.07, 6.45) is 11.8. The molecule has 5 rings (SSSR count).